The van der Waals surface area contributed by atoms with Crippen molar-refractivity contribution >= 4 is 23.3 Å². The van der Waals surface area contributed by atoms with E-state index in [1.165, 1.54) is 24.4 Å². The first-order valence-corrected chi connectivity index (χ1v) is 7.50. The van der Waals surface area contributed by atoms with Gasteiger partial charge in [0.2, 0.25) is 0 Å². The van der Waals surface area contributed by atoms with Crippen molar-refractivity contribution in [1.82, 2.24) is 14.7 Å². The minimum atomic E-state index is 0.573. The van der Waals surface area contributed by atoms with E-state index in [4.69, 9.17) is 0 Å². The molecule has 0 bridgehead atoms. The number of hydrogen-bond donors (Lipinski definition) is 1. The molecule has 2 atom stereocenters. The van der Waals surface area contributed by atoms with Gasteiger partial charge in [0, 0.05) is 11.3 Å². The molecule has 0 saturated carbocycles. The highest BCUT2D eigenvalue weighted by molar-refractivity contribution is 8.01. The summed E-state index contributed by atoms with van der Waals surface area (Å²) in [4.78, 5) is 4.42. The Morgan fingerprint density at radius 1 is 1.44 bits per heavy atom. The van der Waals surface area contributed by atoms with Gasteiger partial charge in [-0.3, -0.25) is 0 Å². The second-order valence-corrected chi connectivity index (χ2v) is 6.09. The SMILES string of the molecule is CCCC(NC)C(CC)Sc1nc(C)ns1. The average molecular weight is 259 g/mol. The zero-order chi connectivity index (χ0) is 12.0. The number of thioether (sulfide) groups is 1. The van der Waals surface area contributed by atoms with Crippen LogP contribution in [0.3, 0.4) is 0 Å². The van der Waals surface area contributed by atoms with E-state index in [-0.39, 0.29) is 0 Å². The van der Waals surface area contributed by atoms with Gasteiger partial charge in [-0.15, -0.1) is 0 Å². The number of hydrogen-bond acceptors (Lipinski definition) is 5. The minimum Gasteiger partial charge on any atom is -0.316 e. The summed E-state index contributed by atoms with van der Waals surface area (Å²) in [6, 6.07) is 0.573. The van der Waals surface area contributed by atoms with Crippen molar-refractivity contribution in [1.29, 1.82) is 0 Å². The molecule has 0 aromatic carbocycles. The van der Waals surface area contributed by atoms with Crippen molar-refractivity contribution in [2.24, 2.45) is 0 Å². The van der Waals surface area contributed by atoms with E-state index >= 15 is 0 Å². The third-order valence-electron chi connectivity index (χ3n) is 2.58. The number of aryl methyl sites for hydroxylation is 1. The fourth-order valence-electron chi connectivity index (χ4n) is 1.73. The van der Waals surface area contributed by atoms with Gasteiger partial charge in [0.15, 0.2) is 4.34 Å². The Hall–Kier alpha value is -0.130. The number of aromatic nitrogens is 2. The molecule has 0 aliphatic rings. The van der Waals surface area contributed by atoms with Gasteiger partial charge >= 0.3 is 0 Å². The monoisotopic (exact) mass is 259 g/mol. The molecule has 1 aromatic heterocycles. The lowest BCUT2D eigenvalue weighted by atomic mass is 10.1. The molecule has 0 aliphatic carbocycles. The lowest BCUT2D eigenvalue weighted by Gasteiger charge is -2.24. The van der Waals surface area contributed by atoms with Crippen LogP contribution in [0.5, 0.6) is 0 Å². The van der Waals surface area contributed by atoms with Gasteiger partial charge in [-0.25, -0.2) is 4.98 Å². The van der Waals surface area contributed by atoms with Gasteiger partial charge in [-0.1, -0.05) is 32.0 Å². The molecule has 0 aliphatic heterocycles. The van der Waals surface area contributed by atoms with E-state index in [1.807, 2.05) is 18.7 Å². The highest BCUT2D eigenvalue weighted by atomic mass is 32.2. The molecule has 0 saturated heterocycles. The van der Waals surface area contributed by atoms with Crippen LogP contribution in [-0.4, -0.2) is 27.7 Å². The smallest absolute Gasteiger partial charge is 0.170 e. The Kier molecular flexibility index (Phi) is 6.31. The van der Waals surface area contributed by atoms with Crippen molar-refractivity contribution < 1.29 is 0 Å². The third kappa shape index (κ3) is 4.03. The largest absolute Gasteiger partial charge is 0.316 e. The third-order valence-corrected chi connectivity index (χ3v) is 4.96. The average Bonchev–Trinajstić information content (AvgIpc) is 2.69. The second kappa shape index (κ2) is 7.25. The molecule has 1 rings (SSSR count). The maximum absolute atomic E-state index is 4.42. The molecule has 1 aromatic rings. The van der Waals surface area contributed by atoms with Crippen LogP contribution in [-0.2, 0) is 0 Å². The first-order chi connectivity index (χ1) is 7.71. The summed E-state index contributed by atoms with van der Waals surface area (Å²) in [5.41, 5.74) is 0. The number of nitrogens with zero attached hydrogens (tertiary/aromatic N) is 2. The Morgan fingerprint density at radius 3 is 2.62 bits per heavy atom. The molecular weight excluding hydrogens is 238 g/mol. The van der Waals surface area contributed by atoms with Crippen molar-refractivity contribution in [3.05, 3.63) is 5.82 Å². The highest BCUT2D eigenvalue weighted by Crippen LogP contribution is 2.30. The van der Waals surface area contributed by atoms with Gasteiger partial charge in [-0.2, -0.15) is 4.37 Å². The van der Waals surface area contributed by atoms with Crippen molar-refractivity contribution in [3.63, 3.8) is 0 Å². The lowest BCUT2D eigenvalue weighted by Crippen LogP contribution is -2.35. The normalized spacial score (nSPS) is 15.0. The molecule has 2 unspecified atom stereocenters. The van der Waals surface area contributed by atoms with Gasteiger partial charge in [0.05, 0.1) is 0 Å². The maximum atomic E-state index is 4.42. The highest BCUT2D eigenvalue weighted by Gasteiger charge is 2.20. The fraction of sp³-hybridized carbons (Fsp3) is 0.818. The minimum absolute atomic E-state index is 0.573. The van der Waals surface area contributed by atoms with Crippen LogP contribution in [0, 0.1) is 6.92 Å². The van der Waals surface area contributed by atoms with E-state index in [9.17, 15) is 0 Å². The molecule has 1 N–H and O–H groups in total. The molecule has 0 fully saturated rings. The first kappa shape index (κ1) is 13.9. The van der Waals surface area contributed by atoms with Crippen LogP contribution in [0.2, 0.25) is 0 Å². The Balaban J connectivity index is 2.59. The molecule has 1 heterocycles. The standard InChI is InChI=1S/C11H21N3S2/c1-5-7-9(12-4)10(6-2)15-11-13-8(3)14-16-11/h9-10,12H,5-7H2,1-4H3. The predicted octanol–water partition coefficient (Wildman–Crippen LogP) is 3.11. The summed E-state index contributed by atoms with van der Waals surface area (Å²) < 4.78 is 5.32. The molecule has 0 radical (unpaired) electrons. The second-order valence-electron chi connectivity index (χ2n) is 3.86. The Labute approximate surface area is 107 Å². The molecule has 5 heteroatoms. The van der Waals surface area contributed by atoms with Crippen LogP contribution in [0.1, 0.15) is 38.9 Å². The molecule has 3 nitrogen and oxygen atoms in total. The van der Waals surface area contributed by atoms with Crippen molar-refractivity contribution in [2.45, 2.75) is 55.7 Å². The van der Waals surface area contributed by atoms with E-state index in [0.29, 0.717) is 11.3 Å². The van der Waals surface area contributed by atoms with E-state index in [0.717, 1.165) is 16.6 Å². The topological polar surface area (TPSA) is 37.8 Å². The molecule has 16 heavy (non-hydrogen) atoms. The quantitative estimate of drug-likeness (QED) is 0.764. The van der Waals surface area contributed by atoms with Crippen LogP contribution in [0.4, 0.5) is 0 Å². The Bertz CT molecular complexity index is 301. The Morgan fingerprint density at radius 2 is 2.19 bits per heavy atom. The lowest BCUT2D eigenvalue weighted by molar-refractivity contribution is 0.490. The first-order valence-electron chi connectivity index (χ1n) is 5.85. The summed E-state index contributed by atoms with van der Waals surface area (Å²) in [6.07, 6.45) is 3.60. The van der Waals surface area contributed by atoms with E-state index in [2.05, 4.69) is 35.6 Å². The number of nitrogens with one attached hydrogen (secondary N) is 1. The summed E-state index contributed by atoms with van der Waals surface area (Å²) in [7, 11) is 2.05. The predicted molar refractivity (Wildman–Crippen MR) is 72.3 cm³/mol. The molecular formula is C11H21N3S2. The van der Waals surface area contributed by atoms with Crippen LogP contribution in [0.15, 0.2) is 4.34 Å². The summed E-state index contributed by atoms with van der Waals surface area (Å²) >= 11 is 3.38. The van der Waals surface area contributed by atoms with Crippen molar-refractivity contribution in [2.75, 3.05) is 7.05 Å². The maximum Gasteiger partial charge on any atom is 0.170 e. The van der Waals surface area contributed by atoms with Gasteiger partial charge in [0.1, 0.15) is 5.82 Å². The zero-order valence-corrected chi connectivity index (χ0v) is 12.1. The van der Waals surface area contributed by atoms with E-state index in [1.54, 1.807) is 0 Å². The summed E-state index contributed by atoms with van der Waals surface area (Å²) in [5, 5.41) is 4.01. The van der Waals surface area contributed by atoms with Crippen LogP contribution >= 0.6 is 23.3 Å². The van der Waals surface area contributed by atoms with Crippen LogP contribution in [0.25, 0.3) is 0 Å². The van der Waals surface area contributed by atoms with Crippen LogP contribution < -0.4 is 5.32 Å². The van der Waals surface area contributed by atoms with Gasteiger partial charge in [-0.05, 0) is 38.3 Å². The van der Waals surface area contributed by atoms with Gasteiger partial charge in [0.25, 0.3) is 0 Å². The fourth-order valence-corrected chi connectivity index (χ4v) is 3.86. The summed E-state index contributed by atoms with van der Waals surface area (Å²) in [5.74, 6) is 0.888. The molecule has 0 amide bonds. The number of rotatable bonds is 7. The summed E-state index contributed by atoms with van der Waals surface area (Å²) in [6.45, 7) is 6.42. The van der Waals surface area contributed by atoms with Gasteiger partial charge < -0.3 is 5.32 Å². The molecule has 0 spiro atoms. The molecule has 92 valence electrons. The van der Waals surface area contributed by atoms with E-state index < -0.39 is 0 Å². The zero-order valence-electron chi connectivity index (χ0n) is 10.5. The van der Waals surface area contributed by atoms with Crippen molar-refractivity contribution in [3.8, 4) is 0 Å².